The van der Waals surface area contributed by atoms with E-state index in [4.69, 9.17) is 0 Å². The Bertz CT molecular complexity index is 472. The number of rotatable bonds is 0. The summed E-state index contributed by atoms with van der Waals surface area (Å²) in [6.07, 6.45) is 0. The normalized spacial score (nSPS) is 22.3. The molecule has 0 spiro atoms. The summed E-state index contributed by atoms with van der Waals surface area (Å²) in [5, 5.41) is 0. The van der Waals surface area contributed by atoms with E-state index < -0.39 is 0 Å². The predicted molar refractivity (Wildman–Crippen MR) is 159 cm³/mol. The van der Waals surface area contributed by atoms with Crippen molar-refractivity contribution >= 4 is 87.5 Å². The van der Waals surface area contributed by atoms with E-state index in [-0.39, 0.29) is 17.4 Å². The van der Waals surface area contributed by atoms with E-state index in [0.717, 1.165) is 91.5 Å². The van der Waals surface area contributed by atoms with E-state index >= 15 is 0 Å². The number of hydrogen-bond acceptors (Lipinski definition) is 3. The van der Waals surface area contributed by atoms with Gasteiger partial charge in [-0.2, -0.15) is 14.7 Å². The van der Waals surface area contributed by atoms with Gasteiger partial charge in [0, 0.05) is 78.5 Å². The smallest absolute Gasteiger partial charge is 0.304 e. The molecule has 3 rings (SSSR count). The molecular weight excluding hydrogens is 545 g/mol. The fourth-order valence-corrected chi connectivity index (χ4v) is 4.33. The van der Waals surface area contributed by atoms with Crippen LogP contribution in [0.3, 0.4) is 0 Å². The van der Waals surface area contributed by atoms with Crippen LogP contribution in [-0.2, 0) is 91.9 Å². The first kappa shape index (κ1) is 32.6. The fraction of sp³-hybridized carbons (Fsp3) is 0.833. The molecule has 0 bridgehead atoms. The molecule has 3 aliphatic heterocycles. The van der Waals surface area contributed by atoms with Crippen molar-refractivity contribution in [3.63, 3.8) is 0 Å². The SMILES string of the molecule is CN1CCN(C(=[SH+])[SH2+])CC1.CN1CCN(C(=[SH+])[SH2+])CC1.CN1CCN(C(=[SH+])[SH2+])CC1.[Cr+3]. The van der Waals surface area contributed by atoms with Crippen LogP contribution in [0.4, 0.5) is 0 Å². The monoisotopic (exact) mass is 586 g/mol. The Hall–Kier alpha value is 1.61. The summed E-state index contributed by atoms with van der Waals surface area (Å²) in [7, 11) is 6.43. The maximum Gasteiger partial charge on any atom is 3.00 e. The van der Waals surface area contributed by atoms with Crippen molar-refractivity contribution in [2.24, 2.45) is 0 Å². The van der Waals surface area contributed by atoms with Crippen molar-refractivity contribution < 1.29 is 17.4 Å². The van der Waals surface area contributed by atoms with E-state index in [1.165, 1.54) is 0 Å². The zero-order valence-electron chi connectivity index (χ0n) is 18.9. The molecule has 3 fully saturated rings. The number of hydrogen-bond donors (Lipinski definition) is 0. The van der Waals surface area contributed by atoms with E-state index in [1.54, 1.807) is 0 Å². The van der Waals surface area contributed by atoms with Crippen LogP contribution in [0.25, 0.3) is 0 Å². The number of thiol groups is 3. The quantitative estimate of drug-likeness (QED) is 0.162. The molecule has 6 nitrogen and oxygen atoms in total. The first-order valence-corrected chi connectivity index (χ1v) is 13.1. The molecule has 3 saturated heterocycles. The van der Waals surface area contributed by atoms with Gasteiger partial charge in [0.25, 0.3) is 0 Å². The van der Waals surface area contributed by atoms with Gasteiger partial charge in [0.05, 0.1) is 37.9 Å². The van der Waals surface area contributed by atoms with E-state index in [1.807, 2.05) is 0 Å². The minimum Gasteiger partial charge on any atom is -0.304 e. The summed E-state index contributed by atoms with van der Waals surface area (Å²) in [6.45, 7) is 13.3. The van der Waals surface area contributed by atoms with Gasteiger partial charge in [-0.1, -0.05) is 0 Å². The molecule has 0 aromatic rings. The van der Waals surface area contributed by atoms with Gasteiger partial charge in [-0.3, -0.25) is 0 Å². The van der Waals surface area contributed by atoms with Gasteiger partial charge >= 0.3 is 30.3 Å². The third kappa shape index (κ3) is 14.6. The maximum absolute atomic E-state index is 4.21. The van der Waals surface area contributed by atoms with E-state index in [0.29, 0.717) is 0 Å². The fourth-order valence-electron chi connectivity index (χ4n) is 3.05. The molecule has 0 atom stereocenters. The summed E-state index contributed by atoms with van der Waals surface area (Å²) in [4.78, 5) is 13.6. The summed E-state index contributed by atoms with van der Waals surface area (Å²) in [6, 6.07) is 0. The van der Waals surface area contributed by atoms with E-state index in [2.05, 4.69) is 125 Å². The van der Waals surface area contributed by atoms with Crippen molar-refractivity contribution in [3.05, 3.63) is 0 Å². The number of likely N-dealkylation sites (N-methyl/N-ethyl adjacent to an activating group) is 3. The van der Waals surface area contributed by atoms with Gasteiger partial charge in [-0.25, -0.2) is 0 Å². The van der Waals surface area contributed by atoms with Crippen molar-refractivity contribution in [2.45, 2.75) is 0 Å². The minimum absolute atomic E-state index is 0. The van der Waals surface area contributed by atoms with Crippen LogP contribution < -0.4 is 0 Å². The van der Waals surface area contributed by atoms with Crippen molar-refractivity contribution in [1.29, 1.82) is 0 Å². The Morgan fingerprint density at radius 2 is 0.613 bits per heavy atom. The second kappa shape index (κ2) is 18.0. The predicted octanol–water partition coefficient (Wildman–Crippen LogP) is -4.17. The molecule has 1 radical (unpaired) electrons. The van der Waals surface area contributed by atoms with Crippen LogP contribution in [0.2, 0.25) is 0 Å². The topological polar surface area (TPSA) is 19.4 Å². The molecule has 0 aromatic heterocycles. The summed E-state index contributed by atoms with van der Waals surface area (Å²) >= 11 is 22.8. The Balaban J connectivity index is 0.000000429. The molecule has 3 aliphatic rings. The van der Waals surface area contributed by atoms with Crippen molar-refractivity contribution in [3.8, 4) is 0 Å². The third-order valence-electron chi connectivity index (χ3n) is 5.41. The zero-order valence-corrected chi connectivity index (χ0v) is 25.9. The Kier molecular flexibility index (Phi) is 18.9. The summed E-state index contributed by atoms with van der Waals surface area (Å²) in [5.41, 5.74) is 0. The summed E-state index contributed by atoms with van der Waals surface area (Å²) in [5.74, 6) is 0. The van der Waals surface area contributed by atoms with Gasteiger partial charge in [-0.15, -0.1) is 0 Å². The van der Waals surface area contributed by atoms with Crippen molar-refractivity contribution in [2.75, 3.05) is 99.7 Å². The Morgan fingerprint density at radius 3 is 0.742 bits per heavy atom. The second-order valence-corrected chi connectivity index (χ2v) is 11.8. The molecule has 0 aliphatic carbocycles. The second-order valence-electron chi connectivity index (χ2n) is 7.84. The number of nitrogens with zero attached hydrogens (tertiary/aromatic N) is 6. The maximum atomic E-state index is 4.21. The summed E-state index contributed by atoms with van der Waals surface area (Å²) < 4.78 is 2.86. The molecule has 177 valence electrons. The van der Waals surface area contributed by atoms with Crippen LogP contribution >= 0.6 is 0 Å². The molecular formula is C18H42CrN6S6+9. The van der Waals surface area contributed by atoms with Gasteiger partial charge in [0.2, 0.25) is 36.7 Å². The zero-order chi connectivity index (χ0) is 22.7. The molecule has 13 heteroatoms. The van der Waals surface area contributed by atoms with Gasteiger partial charge in [0.15, 0.2) is 0 Å². The molecule has 0 amide bonds. The van der Waals surface area contributed by atoms with Gasteiger partial charge < -0.3 is 14.7 Å². The van der Waals surface area contributed by atoms with Crippen LogP contribution in [0.5, 0.6) is 0 Å². The van der Waals surface area contributed by atoms with Gasteiger partial charge in [-0.05, 0) is 21.1 Å². The van der Waals surface area contributed by atoms with E-state index in [9.17, 15) is 0 Å². The average molecular weight is 587 g/mol. The standard InChI is InChI=1S/3C6H12N2S2.Cr/c3*1-7-2-4-8(5-3-7)6(9)10;/h3*2-5H2,1H3,(H,9,10);/q;;;+3/p+6. The minimum atomic E-state index is 0. The molecule has 0 aromatic carbocycles. The molecule has 0 N–H and O–H groups in total. The van der Waals surface area contributed by atoms with Crippen LogP contribution in [-0.4, -0.2) is 142 Å². The molecule has 31 heavy (non-hydrogen) atoms. The first-order valence-electron chi connectivity index (χ1n) is 10.2. The Labute approximate surface area is 232 Å². The third-order valence-corrected chi connectivity index (χ3v) is 7.21. The molecule has 0 saturated carbocycles. The number of piperazine rings is 3. The average Bonchev–Trinajstić information content (AvgIpc) is 2.70. The first-order chi connectivity index (χ1) is 14.1. The Morgan fingerprint density at radius 1 is 0.452 bits per heavy atom. The van der Waals surface area contributed by atoms with Crippen molar-refractivity contribution in [1.82, 2.24) is 29.4 Å². The molecule has 0 unspecified atom stereocenters. The van der Waals surface area contributed by atoms with Gasteiger partial charge in [0.1, 0.15) is 0 Å². The van der Waals surface area contributed by atoms with Crippen LogP contribution in [0.15, 0.2) is 0 Å². The van der Waals surface area contributed by atoms with Crippen LogP contribution in [0, 0.1) is 0 Å². The molecule has 3 heterocycles. The van der Waals surface area contributed by atoms with Crippen LogP contribution in [0.1, 0.15) is 0 Å². The largest absolute Gasteiger partial charge is 3.00 e.